The first-order valence-electron chi connectivity index (χ1n) is 11.9. The smallest absolute Gasteiger partial charge is 0.307 e. The van der Waals surface area contributed by atoms with Crippen molar-refractivity contribution in [2.75, 3.05) is 0 Å². The van der Waals surface area contributed by atoms with Gasteiger partial charge in [0.1, 0.15) is 11.5 Å². The van der Waals surface area contributed by atoms with Crippen LogP contribution in [0.15, 0.2) is 27.4 Å². The fourth-order valence-corrected chi connectivity index (χ4v) is 5.36. The lowest BCUT2D eigenvalue weighted by Gasteiger charge is -2.29. The molecular weight excluding hydrogens is 436 g/mol. The molecular formula is C26H34N2O4S. The Balaban J connectivity index is 1.38. The lowest BCUT2D eigenvalue weighted by Crippen LogP contribution is -2.23. The molecule has 0 amide bonds. The van der Waals surface area contributed by atoms with E-state index in [9.17, 15) is 9.90 Å². The number of nitrogens with one attached hydrogen (secondary N) is 1. The van der Waals surface area contributed by atoms with Gasteiger partial charge in [0.25, 0.3) is 0 Å². The maximum Gasteiger partial charge on any atom is 0.307 e. The van der Waals surface area contributed by atoms with Crippen LogP contribution in [-0.2, 0) is 17.8 Å². The lowest BCUT2D eigenvalue weighted by molar-refractivity contribution is -0.000705. The number of aryl methyl sites for hydroxylation is 3. The molecule has 2 heterocycles. The number of thiazole rings is 1. The number of nitrogens with zero attached hydrogens (tertiary/aromatic N) is 1. The first kappa shape index (κ1) is 23.8. The highest BCUT2D eigenvalue weighted by atomic mass is 32.1. The van der Waals surface area contributed by atoms with E-state index >= 15 is 0 Å². The van der Waals surface area contributed by atoms with Crippen molar-refractivity contribution < 1.29 is 14.3 Å². The molecule has 2 aromatic heterocycles. The van der Waals surface area contributed by atoms with Crippen LogP contribution in [0.2, 0.25) is 0 Å². The predicted octanol–water partition coefficient (Wildman–Crippen LogP) is 6.25. The van der Waals surface area contributed by atoms with Crippen LogP contribution >= 0.6 is 11.3 Å². The Hall–Kier alpha value is -2.38. The zero-order chi connectivity index (χ0) is 23.5. The molecule has 2 N–H and O–H groups in total. The van der Waals surface area contributed by atoms with Gasteiger partial charge in [0, 0.05) is 11.5 Å². The van der Waals surface area contributed by atoms with Gasteiger partial charge in [-0.3, -0.25) is 9.78 Å². The third-order valence-electron chi connectivity index (χ3n) is 6.68. The summed E-state index contributed by atoms with van der Waals surface area (Å²) in [5.41, 5.74) is 4.37. The number of hydrogen-bond donors (Lipinski definition) is 2. The first-order chi connectivity index (χ1) is 15.8. The van der Waals surface area contributed by atoms with Gasteiger partial charge < -0.3 is 14.3 Å². The number of aromatic nitrogens is 2. The van der Waals surface area contributed by atoms with Crippen molar-refractivity contribution >= 4 is 11.3 Å². The van der Waals surface area contributed by atoms with E-state index in [4.69, 9.17) is 14.1 Å². The second-order valence-electron chi connectivity index (χ2n) is 9.57. The molecule has 7 heteroatoms. The Morgan fingerprint density at radius 1 is 1.27 bits per heavy atom. The molecule has 0 bridgehead atoms. The molecule has 3 aromatic rings. The van der Waals surface area contributed by atoms with Crippen molar-refractivity contribution in [1.82, 2.24) is 9.97 Å². The average Bonchev–Trinajstić information content (AvgIpc) is 3.35. The molecule has 1 aliphatic carbocycles. The van der Waals surface area contributed by atoms with E-state index in [1.54, 1.807) is 0 Å². The number of aromatic amines is 1. The molecule has 0 spiro atoms. The fraction of sp³-hybridized carbons (Fsp3) is 0.538. The summed E-state index contributed by atoms with van der Waals surface area (Å²) in [6.45, 7) is 8.91. The molecule has 6 nitrogen and oxygen atoms in total. The van der Waals surface area contributed by atoms with Crippen molar-refractivity contribution in [3.05, 3.63) is 55.3 Å². The number of benzene rings is 1. The number of hydrogen-bond acceptors (Lipinski definition) is 6. The topological polar surface area (TPSA) is 88.3 Å². The van der Waals surface area contributed by atoms with Crippen LogP contribution in [0.3, 0.4) is 0 Å². The quantitative estimate of drug-likeness (QED) is 0.406. The zero-order valence-corrected chi connectivity index (χ0v) is 20.8. The minimum atomic E-state index is -0.193. The number of aromatic hydroxyl groups is 1. The van der Waals surface area contributed by atoms with Gasteiger partial charge in [-0.05, 0) is 68.7 Å². The maximum absolute atomic E-state index is 11.4. The molecule has 33 heavy (non-hydrogen) atoms. The third-order valence-corrected chi connectivity index (χ3v) is 7.61. The average molecular weight is 471 g/mol. The summed E-state index contributed by atoms with van der Waals surface area (Å²) in [5, 5.41) is 9.82. The SMILES string of the molecule is Cc1ccc(-c2nc(CO[C@H]3CCC[C@@H](CCc4sc(=O)[nH]c4O)C3)c(C(C)C)o2)cc1C. The molecule has 1 fully saturated rings. The normalized spacial score (nSPS) is 18.8. The highest BCUT2D eigenvalue weighted by molar-refractivity contribution is 7.09. The molecule has 1 aromatic carbocycles. The summed E-state index contributed by atoms with van der Waals surface area (Å²) in [6, 6.07) is 6.29. The molecule has 1 aliphatic rings. The highest BCUT2D eigenvalue weighted by Gasteiger charge is 2.25. The Kier molecular flexibility index (Phi) is 7.39. The van der Waals surface area contributed by atoms with E-state index in [1.165, 1.54) is 11.1 Å². The van der Waals surface area contributed by atoms with Crippen LogP contribution in [0, 0.1) is 19.8 Å². The van der Waals surface area contributed by atoms with E-state index in [2.05, 4.69) is 50.9 Å². The van der Waals surface area contributed by atoms with Gasteiger partial charge in [0.05, 0.1) is 17.6 Å². The molecule has 2 atom stereocenters. The van der Waals surface area contributed by atoms with Crippen molar-refractivity contribution in [3.63, 3.8) is 0 Å². The van der Waals surface area contributed by atoms with Crippen LogP contribution < -0.4 is 4.87 Å². The second-order valence-corrected chi connectivity index (χ2v) is 10.6. The number of H-pyrrole nitrogens is 1. The summed E-state index contributed by atoms with van der Waals surface area (Å²) in [6.07, 6.45) is 6.24. The van der Waals surface area contributed by atoms with Gasteiger partial charge in [-0.15, -0.1) is 0 Å². The summed E-state index contributed by atoms with van der Waals surface area (Å²) in [7, 11) is 0. The minimum absolute atomic E-state index is 0.0282. The Morgan fingerprint density at radius 3 is 2.79 bits per heavy atom. The second kappa shape index (κ2) is 10.3. The van der Waals surface area contributed by atoms with Crippen LogP contribution in [0.25, 0.3) is 11.5 Å². The number of rotatable bonds is 8. The largest absolute Gasteiger partial charge is 0.494 e. The van der Waals surface area contributed by atoms with Gasteiger partial charge in [-0.25, -0.2) is 4.98 Å². The van der Waals surface area contributed by atoms with Crippen molar-refractivity contribution in [2.45, 2.75) is 84.8 Å². The van der Waals surface area contributed by atoms with Crippen LogP contribution in [0.4, 0.5) is 0 Å². The van der Waals surface area contributed by atoms with E-state index in [-0.39, 0.29) is 22.8 Å². The zero-order valence-electron chi connectivity index (χ0n) is 19.9. The summed E-state index contributed by atoms with van der Waals surface area (Å²) >= 11 is 1.11. The van der Waals surface area contributed by atoms with E-state index in [0.717, 1.165) is 71.8 Å². The Bertz CT molecular complexity index is 1140. The van der Waals surface area contributed by atoms with Crippen LogP contribution in [0.5, 0.6) is 5.88 Å². The number of oxazole rings is 1. The molecule has 0 radical (unpaired) electrons. The molecule has 0 aliphatic heterocycles. The molecule has 0 unspecified atom stereocenters. The molecule has 1 saturated carbocycles. The molecule has 4 rings (SSSR count). The highest BCUT2D eigenvalue weighted by Crippen LogP contribution is 2.33. The minimum Gasteiger partial charge on any atom is -0.494 e. The van der Waals surface area contributed by atoms with Crippen molar-refractivity contribution in [3.8, 4) is 17.3 Å². The first-order valence-corrected chi connectivity index (χ1v) is 12.7. The van der Waals surface area contributed by atoms with Gasteiger partial charge in [0.15, 0.2) is 0 Å². The maximum atomic E-state index is 11.4. The summed E-state index contributed by atoms with van der Waals surface area (Å²) < 4.78 is 12.5. The standard InChI is InChI=1S/C26H34N2O4S/c1-15(2)23-21(27-25(32-23)19-10-8-16(3)17(4)12-19)14-31-20-7-5-6-18(13-20)9-11-22-24(29)28-26(30)33-22/h8,10,12,15,18,20,29H,5-7,9,11,13-14H2,1-4H3,(H,28,30)/t18-,20-/m0/s1. The van der Waals surface area contributed by atoms with E-state index in [0.29, 0.717) is 18.4 Å². The lowest BCUT2D eigenvalue weighted by atomic mass is 9.84. The predicted molar refractivity (Wildman–Crippen MR) is 131 cm³/mol. The van der Waals surface area contributed by atoms with Crippen LogP contribution in [-0.4, -0.2) is 21.2 Å². The Morgan fingerprint density at radius 2 is 2.09 bits per heavy atom. The van der Waals surface area contributed by atoms with Gasteiger partial charge in [-0.2, -0.15) is 0 Å². The van der Waals surface area contributed by atoms with Crippen molar-refractivity contribution in [2.24, 2.45) is 5.92 Å². The van der Waals surface area contributed by atoms with Crippen molar-refractivity contribution in [1.29, 1.82) is 0 Å². The number of ether oxygens (including phenoxy) is 1. The fourth-order valence-electron chi connectivity index (χ4n) is 4.62. The van der Waals surface area contributed by atoms with Gasteiger partial charge >= 0.3 is 4.87 Å². The van der Waals surface area contributed by atoms with E-state index < -0.39 is 0 Å². The molecule has 0 saturated heterocycles. The summed E-state index contributed by atoms with van der Waals surface area (Å²) in [4.78, 5) is 19.2. The van der Waals surface area contributed by atoms with E-state index in [1.807, 2.05) is 0 Å². The molecule has 178 valence electrons. The van der Waals surface area contributed by atoms with Gasteiger partial charge in [-0.1, -0.05) is 44.1 Å². The Labute approximate surface area is 199 Å². The summed E-state index contributed by atoms with van der Waals surface area (Å²) in [5.74, 6) is 2.35. The third kappa shape index (κ3) is 5.76. The monoisotopic (exact) mass is 470 g/mol. The van der Waals surface area contributed by atoms with Gasteiger partial charge in [0.2, 0.25) is 11.8 Å². The van der Waals surface area contributed by atoms with Crippen LogP contribution in [0.1, 0.15) is 79.3 Å².